The van der Waals surface area contributed by atoms with Gasteiger partial charge in [-0.15, -0.1) is 10.2 Å². The highest BCUT2D eigenvalue weighted by Crippen LogP contribution is 2.38. The largest absolute Gasteiger partial charge is 0.447 e. The van der Waals surface area contributed by atoms with E-state index >= 15 is 0 Å². The van der Waals surface area contributed by atoms with Crippen molar-refractivity contribution in [1.29, 1.82) is 5.41 Å². The number of amides is 2. The van der Waals surface area contributed by atoms with Gasteiger partial charge in [-0.3, -0.25) is 15.1 Å². The van der Waals surface area contributed by atoms with Crippen molar-refractivity contribution in [2.75, 3.05) is 6.61 Å². The summed E-state index contributed by atoms with van der Waals surface area (Å²) in [5, 5.41) is 27.2. The van der Waals surface area contributed by atoms with Gasteiger partial charge in [0.2, 0.25) is 11.5 Å². The van der Waals surface area contributed by atoms with E-state index < -0.39 is 35.5 Å². The molecule has 2 amide bonds. The molecule has 1 saturated carbocycles. The molecule has 4 N–H and O–H groups in total. The minimum atomic E-state index is -2.78. The molecule has 0 bridgehead atoms. The van der Waals surface area contributed by atoms with Gasteiger partial charge in [-0.05, 0) is 69.4 Å². The van der Waals surface area contributed by atoms with Crippen LogP contribution in [0.5, 0.6) is 0 Å². The third-order valence-electron chi connectivity index (χ3n) is 7.98. The highest BCUT2D eigenvalue weighted by atomic mass is 35.5. The van der Waals surface area contributed by atoms with Crippen LogP contribution >= 0.6 is 11.6 Å². The van der Waals surface area contributed by atoms with E-state index in [0.717, 1.165) is 12.8 Å². The topological polar surface area (TPSA) is 154 Å². The molecule has 4 aromatic rings. The van der Waals surface area contributed by atoms with Gasteiger partial charge >= 0.3 is 12.6 Å². The number of aromatic nitrogens is 5. The summed E-state index contributed by atoms with van der Waals surface area (Å²) >= 11 is 6.56. The number of guanidine groups is 1. The van der Waals surface area contributed by atoms with Crippen LogP contribution < -0.4 is 10.6 Å². The Bertz CT molecular complexity index is 1970. The van der Waals surface area contributed by atoms with Crippen LogP contribution in [0.3, 0.4) is 0 Å². The van der Waals surface area contributed by atoms with Gasteiger partial charge in [0.25, 0.3) is 5.91 Å². The van der Waals surface area contributed by atoms with Crippen LogP contribution in [0.25, 0.3) is 22.5 Å². The summed E-state index contributed by atoms with van der Waals surface area (Å²) in [5.41, 5.74) is 0.271. The van der Waals surface area contributed by atoms with Gasteiger partial charge < -0.3 is 20.4 Å². The fourth-order valence-corrected chi connectivity index (χ4v) is 5.53. The van der Waals surface area contributed by atoms with Crippen molar-refractivity contribution >= 4 is 29.6 Å². The minimum Gasteiger partial charge on any atom is -0.447 e. The summed E-state index contributed by atoms with van der Waals surface area (Å²) in [5.74, 6) is 6.41. The number of benzene rings is 2. The maximum absolute atomic E-state index is 14.8. The van der Waals surface area contributed by atoms with Gasteiger partial charge in [0, 0.05) is 28.8 Å². The zero-order chi connectivity index (χ0) is 35.1. The molecule has 1 aliphatic heterocycles. The minimum absolute atomic E-state index is 0.0455. The lowest BCUT2D eigenvalue weighted by molar-refractivity contribution is -0.131. The molecule has 2 aromatic heterocycles. The van der Waals surface area contributed by atoms with Crippen molar-refractivity contribution in [3.63, 3.8) is 0 Å². The number of carbonyl (C=O) groups excluding carboxylic acids is 2. The molecule has 15 heteroatoms. The van der Waals surface area contributed by atoms with Crippen molar-refractivity contribution in [2.45, 2.75) is 64.7 Å². The van der Waals surface area contributed by atoms with Crippen molar-refractivity contribution in [3.8, 4) is 34.4 Å². The Morgan fingerprint density at radius 3 is 2.53 bits per heavy atom. The lowest BCUT2D eigenvalue weighted by atomic mass is 9.86. The SMILES string of the molecule is Cc1nnc(-c2cc([C@@H](COC(=O)NC3CC3)N3C(=N)N[C@](C#CC(C)(C)C)(c4ccc(-c5cnn(C(F)F)c5)cc4)C3=O)ccc2Cl)[nH]1. The van der Waals surface area contributed by atoms with E-state index in [0.29, 0.717) is 49.2 Å². The summed E-state index contributed by atoms with van der Waals surface area (Å²) in [7, 11) is 0. The Kier molecular flexibility index (Phi) is 8.89. The zero-order valence-corrected chi connectivity index (χ0v) is 27.9. The molecular weight excluding hydrogens is 656 g/mol. The molecule has 2 fully saturated rings. The summed E-state index contributed by atoms with van der Waals surface area (Å²) < 4.78 is 32.5. The van der Waals surface area contributed by atoms with E-state index in [-0.39, 0.29) is 18.6 Å². The quantitative estimate of drug-likeness (QED) is 0.159. The lowest BCUT2D eigenvalue weighted by Gasteiger charge is -2.28. The number of nitrogens with zero attached hydrogens (tertiary/aromatic N) is 5. The van der Waals surface area contributed by atoms with Crippen molar-refractivity contribution in [3.05, 3.63) is 76.8 Å². The number of halogens is 3. The molecule has 254 valence electrons. The van der Waals surface area contributed by atoms with Crippen molar-refractivity contribution in [1.82, 2.24) is 40.5 Å². The molecule has 2 aliphatic rings. The first kappa shape index (κ1) is 33.6. The molecule has 0 spiro atoms. The Hall–Kier alpha value is -5.29. The Morgan fingerprint density at radius 2 is 1.92 bits per heavy atom. The zero-order valence-electron chi connectivity index (χ0n) is 27.1. The molecule has 0 unspecified atom stereocenters. The molecular formula is C34H34ClF2N9O3. The third kappa shape index (κ3) is 7.12. The predicted octanol–water partition coefficient (Wildman–Crippen LogP) is 5.93. The Labute approximate surface area is 286 Å². The number of nitrogens with one attached hydrogen (secondary N) is 4. The Balaban J connectivity index is 1.40. The van der Waals surface area contributed by atoms with Gasteiger partial charge in [-0.2, -0.15) is 13.9 Å². The fourth-order valence-electron chi connectivity index (χ4n) is 5.32. The van der Waals surface area contributed by atoms with Crippen molar-refractivity contribution < 1.29 is 23.1 Å². The van der Waals surface area contributed by atoms with E-state index in [1.165, 1.54) is 17.3 Å². The maximum atomic E-state index is 14.8. The van der Waals surface area contributed by atoms with E-state index in [1.807, 2.05) is 20.8 Å². The van der Waals surface area contributed by atoms with E-state index in [2.05, 4.69) is 42.8 Å². The van der Waals surface area contributed by atoms with Crippen LogP contribution in [0.2, 0.25) is 5.02 Å². The molecule has 3 heterocycles. The van der Waals surface area contributed by atoms with Crippen LogP contribution in [0.4, 0.5) is 13.6 Å². The number of aryl methyl sites for hydroxylation is 1. The van der Waals surface area contributed by atoms with Gasteiger partial charge in [-0.1, -0.05) is 53.8 Å². The van der Waals surface area contributed by atoms with E-state index in [9.17, 15) is 18.4 Å². The number of alkyl carbamates (subject to hydrolysis) is 1. The Morgan fingerprint density at radius 1 is 1.18 bits per heavy atom. The van der Waals surface area contributed by atoms with Crippen LogP contribution in [0, 0.1) is 29.6 Å². The average molecular weight is 690 g/mol. The van der Waals surface area contributed by atoms with Crippen LogP contribution in [0.1, 0.15) is 63.2 Å². The molecule has 2 atom stereocenters. The standard InChI is InChI=1S/C34H34ClF2N9O3/c1-19-40-28(44-43-19)25-15-21(7-12-26(25)35)27(18-49-32(48)41-24-10-11-24)46-29(47)34(42-31(46)38,14-13-33(2,3)4)23-8-5-20(6-9-23)22-16-39-45(17-22)30(36)37/h5-9,12,15-17,24,27,30H,10-11,18H2,1-4H3,(H2,38,42)(H,41,48)(H,40,43,44)/t27-,34-/m1/s1. The summed E-state index contributed by atoms with van der Waals surface area (Å²) in [6.07, 6.45) is 3.64. The third-order valence-corrected chi connectivity index (χ3v) is 8.31. The second-order valence-corrected chi connectivity index (χ2v) is 13.4. The van der Waals surface area contributed by atoms with E-state index in [1.54, 1.807) is 49.4 Å². The molecule has 2 aromatic carbocycles. The second-order valence-electron chi connectivity index (χ2n) is 13.0. The molecule has 12 nitrogen and oxygen atoms in total. The summed E-state index contributed by atoms with van der Waals surface area (Å²) in [6.45, 7) is 4.37. The average Bonchev–Trinajstić information content (AvgIpc) is 3.42. The number of alkyl halides is 2. The lowest BCUT2D eigenvalue weighted by Crippen LogP contribution is -2.44. The van der Waals surface area contributed by atoms with Gasteiger partial charge in [0.1, 0.15) is 12.4 Å². The number of ether oxygens (including phenoxy) is 1. The molecule has 6 rings (SSSR count). The summed E-state index contributed by atoms with van der Waals surface area (Å²) in [6, 6.07) is 10.8. The number of rotatable bonds is 9. The van der Waals surface area contributed by atoms with Crippen molar-refractivity contribution in [2.24, 2.45) is 5.41 Å². The summed E-state index contributed by atoms with van der Waals surface area (Å²) in [4.78, 5) is 31.7. The van der Waals surface area contributed by atoms with Crippen LogP contribution in [-0.2, 0) is 15.1 Å². The number of hydrogen-bond donors (Lipinski definition) is 4. The highest BCUT2D eigenvalue weighted by molar-refractivity contribution is 6.33. The molecule has 1 aliphatic carbocycles. The monoisotopic (exact) mass is 689 g/mol. The van der Waals surface area contributed by atoms with Gasteiger partial charge in [-0.25, -0.2) is 9.48 Å². The van der Waals surface area contributed by atoms with Crippen LogP contribution in [-0.4, -0.2) is 60.5 Å². The number of hydrogen-bond acceptors (Lipinski definition) is 7. The highest BCUT2D eigenvalue weighted by Gasteiger charge is 2.53. The van der Waals surface area contributed by atoms with Gasteiger partial charge in [0.15, 0.2) is 5.82 Å². The smallest absolute Gasteiger partial charge is 0.407 e. The van der Waals surface area contributed by atoms with Crippen LogP contribution in [0.15, 0.2) is 54.9 Å². The number of H-pyrrole nitrogens is 1. The number of carbonyl (C=O) groups is 2. The first-order valence-electron chi connectivity index (χ1n) is 15.5. The first-order valence-corrected chi connectivity index (χ1v) is 15.9. The second kappa shape index (κ2) is 13.0. The first-order chi connectivity index (χ1) is 23.2. The molecule has 0 radical (unpaired) electrons. The predicted molar refractivity (Wildman–Crippen MR) is 177 cm³/mol. The fraction of sp³-hybridized carbons (Fsp3) is 0.353. The normalized spacial score (nSPS) is 18.2. The number of aromatic amines is 1. The molecule has 49 heavy (non-hydrogen) atoms. The van der Waals surface area contributed by atoms with Gasteiger partial charge in [0.05, 0.1) is 17.3 Å². The maximum Gasteiger partial charge on any atom is 0.407 e. The van der Waals surface area contributed by atoms with E-state index in [4.69, 9.17) is 21.7 Å². The molecule has 1 saturated heterocycles.